The summed E-state index contributed by atoms with van der Waals surface area (Å²) in [4.78, 5) is 23.6. The Morgan fingerprint density at radius 3 is 3.18 bits per heavy atom. The van der Waals surface area contributed by atoms with Crippen LogP contribution in [0.1, 0.15) is 6.92 Å². The lowest BCUT2D eigenvalue weighted by atomic mass is 10.2. The van der Waals surface area contributed by atoms with Crippen molar-refractivity contribution in [1.29, 1.82) is 0 Å². The van der Waals surface area contributed by atoms with E-state index in [0.29, 0.717) is 4.70 Å². The van der Waals surface area contributed by atoms with E-state index in [-0.39, 0.29) is 5.56 Å². The van der Waals surface area contributed by atoms with Gasteiger partial charge in [0.2, 0.25) is 0 Å². The van der Waals surface area contributed by atoms with Crippen LogP contribution in [0.3, 0.4) is 0 Å². The number of anilines is 1. The molecule has 0 unspecified atom stereocenters. The predicted octanol–water partition coefficient (Wildman–Crippen LogP) is 1.96. The molecule has 0 aliphatic rings. The molecule has 0 saturated carbocycles. The van der Waals surface area contributed by atoms with Crippen molar-refractivity contribution in [2.45, 2.75) is 6.92 Å². The van der Waals surface area contributed by atoms with Gasteiger partial charge in [-0.15, -0.1) is 11.3 Å². The molecule has 3 aromatic heterocycles. The van der Waals surface area contributed by atoms with Crippen molar-refractivity contribution in [2.75, 3.05) is 11.9 Å². The summed E-state index contributed by atoms with van der Waals surface area (Å²) in [7, 11) is 0. The van der Waals surface area contributed by atoms with E-state index in [2.05, 4.69) is 20.3 Å². The Kier molecular flexibility index (Phi) is 2.29. The van der Waals surface area contributed by atoms with Crippen LogP contribution >= 0.6 is 11.3 Å². The second-order valence-corrected chi connectivity index (χ2v) is 4.58. The van der Waals surface area contributed by atoms with Crippen molar-refractivity contribution < 1.29 is 0 Å². The highest BCUT2D eigenvalue weighted by Crippen LogP contribution is 2.33. The lowest BCUT2D eigenvalue weighted by Crippen LogP contribution is -2.03. The van der Waals surface area contributed by atoms with Crippen molar-refractivity contribution in [3.05, 3.63) is 28.9 Å². The minimum atomic E-state index is -0.111. The lowest BCUT2D eigenvalue weighted by Gasteiger charge is -2.03. The summed E-state index contributed by atoms with van der Waals surface area (Å²) in [6.45, 7) is 2.85. The second kappa shape index (κ2) is 3.81. The third-order valence-electron chi connectivity index (χ3n) is 2.53. The van der Waals surface area contributed by atoms with E-state index in [1.54, 1.807) is 6.20 Å². The van der Waals surface area contributed by atoms with Crippen molar-refractivity contribution in [2.24, 2.45) is 0 Å². The van der Waals surface area contributed by atoms with Crippen LogP contribution in [-0.2, 0) is 0 Å². The van der Waals surface area contributed by atoms with E-state index in [9.17, 15) is 4.79 Å². The zero-order chi connectivity index (χ0) is 11.8. The molecule has 0 saturated heterocycles. The molecule has 0 aliphatic heterocycles. The Morgan fingerprint density at radius 1 is 1.47 bits per heavy atom. The third kappa shape index (κ3) is 1.49. The molecule has 0 aromatic carbocycles. The fraction of sp³-hybridized carbons (Fsp3) is 0.182. The van der Waals surface area contributed by atoms with Gasteiger partial charge in [0.25, 0.3) is 5.56 Å². The molecule has 5 nitrogen and oxygen atoms in total. The number of aromatic amines is 1. The molecule has 0 radical (unpaired) electrons. The van der Waals surface area contributed by atoms with Crippen LogP contribution in [0.15, 0.2) is 23.4 Å². The highest BCUT2D eigenvalue weighted by molar-refractivity contribution is 7.25. The quantitative estimate of drug-likeness (QED) is 0.725. The smallest absolute Gasteiger partial charge is 0.268 e. The Hall–Kier alpha value is -1.95. The van der Waals surface area contributed by atoms with E-state index >= 15 is 0 Å². The normalized spacial score (nSPS) is 11.1. The Labute approximate surface area is 101 Å². The largest absolute Gasteiger partial charge is 0.385 e. The van der Waals surface area contributed by atoms with Crippen molar-refractivity contribution in [3.8, 4) is 0 Å². The number of hydrogen-bond donors (Lipinski definition) is 2. The standard InChI is InChI=1S/C11H10N4OS/c1-2-12-6-3-4-13-11-7(6)8-9(17-11)10(16)15-5-14-8/h3-5H,2H2,1H3,(H,12,13)(H,14,15,16). The minimum absolute atomic E-state index is 0.111. The summed E-state index contributed by atoms with van der Waals surface area (Å²) in [6, 6.07) is 1.90. The molecule has 2 N–H and O–H groups in total. The monoisotopic (exact) mass is 246 g/mol. The number of nitrogens with one attached hydrogen (secondary N) is 2. The van der Waals surface area contributed by atoms with E-state index < -0.39 is 0 Å². The number of thiophene rings is 1. The predicted molar refractivity (Wildman–Crippen MR) is 69.7 cm³/mol. The lowest BCUT2D eigenvalue weighted by molar-refractivity contribution is 1.18. The van der Waals surface area contributed by atoms with Crippen LogP contribution in [0.5, 0.6) is 0 Å². The third-order valence-corrected chi connectivity index (χ3v) is 3.62. The minimum Gasteiger partial charge on any atom is -0.385 e. The maximum Gasteiger partial charge on any atom is 0.268 e. The van der Waals surface area contributed by atoms with E-state index in [4.69, 9.17) is 0 Å². The molecule has 0 bridgehead atoms. The summed E-state index contributed by atoms with van der Waals surface area (Å²) in [5.41, 5.74) is 1.58. The van der Waals surface area contributed by atoms with Gasteiger partial charge in [0.15, 0.2) is 0 Å². The zero-order valence-corrected chi connectivity index (χ0v) is 9.97. The molecule has 3 aromatic rings. The molecular weight excluding hydrogens is 236 g/mol. The highest BCUT2D eigenvalue weighted by Gasteiger charge is 2.12. The second-order valence-electron chi connectivity index (χ2n) is 3.58. The highest BCUT2D eigenvalue weighted by atomic mass is 32.1. The summed E-state index contributed by atoms with van der Waals surface area (Å²) < 4.78 is 0.625. The van der Waals surface area contributed by atoms with Gasteiger partial charge in [-0.3, -0.25) is 4.79 Å². The Balaban J connectivity index is 2.49. The van der Waals surface area contributed by atoms with Crippen LogP contribution < -0.4 is 10.9 Å². The van der Waals surface area contributed by atoms with Crippen molar-refractivity contribution >= 4 is 37.5 Å². The first-order valence-corrected chi connectivity index (χ1v) is 6.11. The van der Waals surface area contributed by atoms with Gasteiger partial charge in [0.1, 0.15) is 9.53 Å². The SMILES string of the molecule is CCNc1ccnc2sc3c(=O)[nH]cnc3c12. The number of pyridine rings is 1. The number of fused-ring (bicyclic) bond motifs is 3. The molecule has 0 spiro atoms. The van der Waals surface area contributed by atoms with Gasteiger partial charge in [-0.1, -0.05) is 0 Å². The van der Waals surface area contributed by atoms with Gasteiger partial charge in [0.05, 0.1) is 17.2 Å². The Morgan fingerprint density at radius 2 is 2.35 bits per heavy atom. The molecule has 0 amide bonds. The molecule has 0 aliphatic carbocycles. The van der Waals surface area contributed by atoms with Crippen molar-refractivity contribution in [3.63, 3.8) is 0 Å². The topological polar surface area (TPSA) is 70.7 Å². The molecule has 0 fully saturated rings. The van der Waals surface area contributed by atoms with Gasteiger partial charge >= 0.3 is 0 Å². The molecule has 17 heavy (non-hydrogen) atoms. The zero-order valence-electron chi connectivity index (χ0n) is 9.15. The fourth-order valence-electron chi connectivity index (χ4n) is 1.84. The molecular formula is C11H10N4OS. The molecule has 3 heterocycles. The summed E-state index contributed by atoms with van der Waals surface area (Å²) >= 11 is 1.37. The number of H-pyrrole nitrogens is 1. The maximum atomic E-state index is 11.7. The first kappa shape index (κ1) is 10.2. The van der Waals surface area contributed by atoms with Crippen LogP contribution in [-0.4, -0.2) is 21.5 Å². The molecule has 0 atom stereocenters. The van der Waals surface area contributed by atoms with E-state index in [1.807, 2.05) is 13.0 Å². The van der Waals surface area contributed by atoms with Gasteiger partial charge in [-0.25, -0.2) is 9.97 Å². The number of hydrogen-bond acceptors (Lipinski definition) is 5. The van der Waals surface area contributed by atoms with Gasteiger partial charge < -0.3 is 10.3 Å². The number of rotatable bonds is 2. The summed E-state index contributed by atoms with van der Waals surface area (Å²) in [6.07, 6.45) is 3.17. The van der Waals surface area contributed by atoms with Gasteiger partial charge in [0, 0.05) is 18.4 Å². The summed E-state index contributed by atoms with van der Waals surface area (Å²) in [5.74, 6) is 0. The van der Waals surface area contributed by atoms with Crippen molar-refractivity contribution in [1.82, 2.24) is 15.0 Å². The first-order valence-electron chi connectivity index (χ1n) is 5.30. The maximum absolute atomic E-state index is 11.7. The summed E-state index contributed by atoms with van der Waals surface area (Å²) in [5, 5.41) is 4.19. The molecule has 6 heteroatoms. The number of aromatic nitrogens is 3. The average Bonchev–Trinajstić information content (AvgIpc) is 2.71. The molecule has 3 rings (SSSR count). The first-order chi connectivity index (χ1) is 8.31. The van der Waals surface area contributed by atoms with Crippen LogP contribution in [0.2, 0.25) is 0 Å². The molecule has 86 valence electrons. The Bertz CT molecular complexity index is 746. The van der Waals surface area contributed by atoms with E-state index in [0.717, 1.165) is 28.0 Å². The van der Waals surface area contributed by atoms with E-state index in [1.165, 1.54) is 17.7 Å². The van der Waals surface area contributed by atoms with Crippen LogP contribution in [0.4, 0.5) is 5.69 Å². The van der Waals surface area contributed by atoms with Gasteiger partial charge in [-0.05, 0) is 13.0 Å². The van der Waals surface area contributed by atoms with Crippen LogP contribution in [0, 0.1) is 0 Å². The van der Waals surface area contributed by atoms with Crippen LogP contribution in [0.25, 0.3) is 20.4 Å². The number of nitrogens with zero attached hydrogens (tertiary/aromatic N) is 2. The average molecular weight is 246 g/mol. The fourth-order valence-corrected chi connectivity index (χ4v) is 2.86. The van der Waals surface area contributed by atoms with Gasteiger partial charge in [-0.2, -0.15) is 0 Å².